The van der Waals surface area contributed by atoms with E-state index >= 15 is 0 Å². The van der Waals surface area contributed by atoms with Crippen LogP contribution < -0.4 is 20.7 Å². The molecule has 1 nitrogen and oxygen atoms in total. The number of halogens is 3. The topological polar surface area (TPSA) is 20.2 Å². The van der Waals surface area contributed by atoms with Crippen molar-refractivity contribution in [3.8, 4) is 0 Å². The Kier molecular flexibility index (Phi) is 5.73. The third kappa shape index (κ3) is 3.83. The van der Waals surface area contributed by atoms with Gasteiger partial charge in [-0.15, -0.1) is 0 Å². The summed E-state index contributed by atoms with van der Waals surface area (Å²) >= 11 is 0. The maximum Gasteiger partial charge on any atom is 0.417 e. The van der Waals surface area contributed by atoms with Gasteiger partial charge in [0, 0.05) is 12.8 Å². The van der Waals surface area contributed by atoms with Crippen molar-refractivity contribution in [2.24, 2.45) is 0 Å². The largest absolute Gasteiger partial charge is 0.417 e. The predicted octanol–water partition coefficient (Wildman–Crippen LogP) is 4.07. The molecule has 1 heterocycles. The first-order valence-corrected chi connectivity index (χ1v) is 13.8. The van der Waals surface area contributed by atoms with Crippen LogP contribution >= 0.6 is 0 Å². The molecule has 4 aromatic rings. The summed E-state index contributed by atoms with van der Waals surface area (Å²) in [5, 5.41) is 15.1. The molecule has 0 saturated heterocycles. The van der Waals surface area contributed by atoms with Gasteiger partial charge in [0.05, 0.1) is 0 Å². The monoisotopic (exact) mass is 488 g/mol. The summed E-state index contributed by atoms with van der Waals surface area (Å²) < 4.78 is 42.9. The highest BCUT2D eigenvalue weighted by Crippen LogP contribution is 2.37. The minimum absolute atomic E-state index is 0.479. The van der Waals surface area contributed by atoms with Crippen molar-refractivity contribution in [1.82, 2.24) is 0 Å². The third-order valence-electron chi connectivity index (χ3n) is 7.31. The maximum atomic E-state index is 14.3. The van der Waals surface area contributed by atoms with Crippen LogP contribution in [0.2, 0.25) is 0 Å². The van der Waals surface area contributed by atoms with Gasteiger partial charge >= 0.3 is 6.18 Å². The van der Waals surface area contributed by atoms with Crippen LogP contribution in [0.1, 0.15) is 22.3 Å². The van der Waals surface area contributed by atoms with Crippen LogP contribution in [0.15, 0.2) is 97.1 Å². The second-order valence-electron chi connectivity index (χ2n) is 9.68. The minimum Gasteiger partial charge on any atom is -0.380 e. The normalized spacial score (nSPS) is 16.5. The van der Waals surface area contributed by atoms with Gasteiger partial charge in [0.25, 0.3) is 0 Å². The zero-order valence-electron chi connectivity index (χ0n) is 19.7. The van der Waals surface area contributed by atoms with Crippen LogP contribution in [0.4, 0.5) is 13.2 Å². The Morgan fingerprint density at radius 1 is 0.629 bits per heavy atom. The Hall–Kier alpha value is -3.15. The van der Waals surface area contributed by atoms with E-state index in [0.29, 0.717) is 11.1 Å². The molecule has 5 rings (SSSR count). The number of hydrogen-bond acceptors (Lipinski definition) is 1. The Bertz CT molecular complexity index is 1260. The predicted molar refractivity (Wildman–Crippen MR) is 138 cm³/mol. The number of hydrogen-bond donors (Lipinski definition) is 1. The van der Waals surface area contributed by atoms with E-state index in [2.05, 4.69) is 48.5 Å². The summed E-state index contributed by atoms with van der Waals surface area (Å²) in [6, 6.07) is 31.6. The summed E-state index contributed by atoms with van der Waals surface area (Å²) in [5.74, 6) is 0. The average Bonchev–Trinajstić information content (AvgIpc) is 2.82. The number of fused-ring (bicyclic) bond motifs is 2. The fourth-order valence-corrected chi connectivity index (χ4v) is 10.7. The molecule has 178 valence electrons. The lowest BCUT2D eigenvalue weighted by Gasteiger charge is -2.42. The Morgan fingerprint density at radius 2 is 1.00 bits per heavy atom. The quantitative estimate of drug-likeness (QED) is 0.422. The van der Waals surface area contributed by atoms with Crippen molar-refractivity contribution in [3.05, 3.63) is 119 Å². The molecule has 0 bridgehead atoms. The van der Waals surface area contributed by atoms with Crippen molar-refractivity contribution < 1.29 is 18.3 Å². The molecule has 0 amide bonds. The second-order valence-corrected chi connectivity index (χ2v) is 13.4. The number of aliphatic hydroxyl groups is 1. The van der Waals surface area contributed by atoms with E-state index in [1.54, 1.807) is 24.3 Å². The van der Waals surface area contributed by atoms with Crippen LogP contribution in [-0.4, -0.2) is 25.0 Å². The van der Waals surface area contributed by atoms with Gasteiger partial charge in [0.1, 0.15) is 0 Å². The van der Waals surface area contributed by atoms with Crippen molar-refractivity contribution in [2.45, 2.75) is 38.5 Å². The minimum atomic E-state index is -4.76. The molecule has 0 atom stereocenters. The van der Waals surface area contributed by atoms with Gasteiger partial charge in [0.2, 0.25) is 0 Å². The van der Waals surface area contributed by atoms with E-state index in [1.165, 1.54) is 0 Å². The van der Waals surface area contributed by atoms with Crippen LogP contribution in [-0.2, 0) is 12.8 Å². The Morgan fingerprint density at radius 3 is 1.37 bits per heavy atom. The first kappa shape index (κ1) is 23.6. The molecule has 0 fully saturated rings. The highest BCUT2D eigenvalue weighted by Gasteiger charge is 2.56. The fourth-order valence-electron chi connectivity index (χ4n) is 5.51. The summed E-state index contributed by atoms with van der Waals surface area (Å²) in [4.78, 5) is 0. The van der Waals surface area contributed by atoms with Gasteiger partial charge in [-0.2, -0.15) is 13.2 Å². The lowest BCUT2D eigenvalue weighted by molar-refractivity contribution is -0.259. The molecule has 4 aromatic carbocycles. The molecule has 1 N–H and O–H groups in total. The lowest BCUT2D eigenvalue weighted by Crippen LogP contribution is -2.77. The molecule has 5 heteroatoms. The van der Waals surface area contributed by atoms with Gasteiger partial charge in [-0.3, -0.25) is 0 Å². The van der Waals surface area contributed by atoms with Crippen LogP contribution in [0.25, 0.3) is 0 Å². The Labute approximate surface area is 204 Å². The van der Waals surface area contributed by atoms with E-state index in [-0.39, 0.29) is 0 Å². The first-order chi connectivity index (χ1) is 16.6. The van der Waals surface area contributed by atoms with E-state index in [9.17, 15) is 18.3 Å². The van der Waals surface area contributed by atoms with Gasteiger partial charge in [0.15, 0.2) is 13.7 Å². The molecule has 0 aromatic heterocycles. The van der Waals surface area contributed by atoms with Gasteiger partial charge in [-0.05, 0) is 45.7 Å². The molecule has 0 spiro atoms. The van der Waals surface area contributed by atoms with Gasteiger partial charge < -0.3 is 5.11 Å². The zero-order valence-corrected chi connectivity index (χ0v) is 20.7. The summed E-state index contributed by atoms with van der Waals surface area (Å²) in [6.45, 7) is 4.07. The van der Waals surface area contributed by atoms with Gasteiger partial charge in [-0.1, -0.05) is 108 Å². The highest BCUT2D eigenvalue weighted by atomic mass is 28.3. The summed E-state index contributed by atoms with van der Waals surface area (Å²) in [6.07, 6.45) is -5.72. The fraction of sp³-hybridized carbons (Fsp3) is 0.200. The molecule has 1 aliphatic rings. The standard InChI is InChI=1S/C30H27F3OSi/c1-21-11-15-25(16-12-21)35(26-17-13-22(2)14-18-26)27-9-5-3-7-23(27)19-29(34,30(31,32)33)20-24-8-4-6-10-28(24)35/h3-18,34H,19-20H2,1-2H3. The van der Waals surface area contributed by atoms with E-state index in [1.807, 2.05) is 38.1 Å². The first-order valence-electron chi connectivity index (χ1n) is 11.8. The number of alkyl halides is 3. The van der Waals surface area contributed by atoms with Crippen LogP contribution in [0.5, 0.6) is 0 Å². The second kappa shape index (κ2) is 8.50. The van der Waals surface area contributed by atoms with E-state index in [4.69, 9.17) is 0 Å². The highest BCUT2D eigenvalue weighted by molar-refractivity contribution is 7.20. The number of aryl methyl sites for hydroxylation is 2. The van der Waals surface area contributed by atoms with Crippen LogP contribution in [0.3, 0.4) is 0 Å². The van der Waals surface area contributed by atoms with Crippen LogP contribution in [0, 0.1) is 13.8 Å². The molecular formula is C30H27F3OSi. The van der Waals surface area contributed by atoms with Crippen molar-refractivity contribution in [2.75, 3.05) is 0 Å². The van der Waals surface area contributed by atoms with E-state index in [0.717, 1.165) is 31.9 Å². The summed E-state index contributed by atoms with van der Waals surface area (Å²) in [7, 11) is -3.00. The molecule has 0 saturated carbocycles. The van der Waals surface area contributed by atoms with Crippen molar-refractivity contribution in [3.63, 3.8) is 0 Å². The molecule has 0 aliphatic carbocycles. The molecule has 0 unspecified atom stereocenters. The van der Waals surface area contributed by atoms with E-state index < -0.39 is 32.7 Å². The molecule has 1 aliphatic heterocycles. The smallest absolute Gasteiger partial charge is 0.380 e. The lowest BCUT2D eigenvalue weighted by atomic mass is 9.87. The third-order valence-corrected chi connectivity index (χ3v) is 12.3. The van der Waals surface area contributed by atoms with Crippen molar-refractivity contribution >= 4 is 28.8 Å². The average molecular weight is 489 g/mol. The van der Waals surface area contributed by atoms with Gasteiger partial charge in [-0.25, -0.2) is 0 Å². The number of benzene rings is 4. The maximum absolute atomic E-state index is 14.3. The van der Waals surface area contributed by atoms with Crippen molar-refractivity contribution in [1.29, 1.82) is 0 Å². The zero-order chi connectivity index (χ0) is 24.8. The number of rotatable bonds is 2. The molecular weight excluding hydrogens is 461 g/mol. The molecule has 0 radical (unpaired) electrons. The molecule has 35 heavy (non-hydrogen) atoms. The Balaban J connectivity index is 1.95. The summed E-state index contributed by atoms with van der Waals surface area (Å²) in [5.41, 5.74) is 0.506. The SMILES string of the molecule is Cc1ccc([Si]2(c3ccc(C)cc3)c3ccccc3CC(O)(C(F)(F)F)Cc3ccccc32)cc1.